The summed E-state index contributed by atoms with van der Waals surface area (Å²) >= 11 is 8.43. The SMILES string of the molecule is Clc1ccc(-n2nc(-c3ccccc3I)c3c2NCCCC3)cc1. The number of fused-ring (bicyclic) bond motifs is 1. The smallest absolute Gasteiger partial charge is 0.133 e. The summed E-state index contributed by atoms with van der Waals surface area (Å²) in [6.45, 7) is 0.984. The summed E-state index contributed by atoms with van der Waals surface area (Å²) in [7, 11) is 0. The Balaban J connectivity index is 1.92. The van der Waals surface area contributed by atoms with Crippen molar-refractivity contribution in [3.63, 3.8) is 0 Å². The molecule has 3 aromatic rings. The largest absolute Gasteiger partial charge is 0.370 e. The molecule has 0 saturated heterocycles. The molecule has 4 rings (SSSR count). The van der Waals surface area contributed by atoms with Crippen molar-refractivity contribution in [3.05, 3.63) is 62.7 Å². The van der Waals surface area contributed by atoms with E-state index in [0.29, 0.717) is 0 Å². The number of rotatable bonds is 2. The summed E-state index contributed by atoms with van der Waals surface area (Å²) in [6, 6.07) is 16.3. The summed E-state index contributed by atoms with van der Waals surface area (Å²) in [5.41, 5.74) is 4.62. The van der Waals surface area contributed by atoms with Crippen LogP contribution in [0, 0.1) is 3.57 Å². The van der Waals surface area contributed by atoms with Gasteiger partial charge in [-0.2, -0.15) is 5.10 Å². The third kappa shape index (κ3) is 2.93. The number of nitrogens with one attached hydrogen (secondary N) is 1. The molecule has 0 saturated carbocycles. The minimum Gasteiger partial charge on any atom is -0.370 e. The van der Waals surface area contributed by atoms with Crippen molar-refractivity contribution in [3.8, 4) is 16.9 Å². The van der Waals surface area contributed by atoms with Crippen LogP contribution in [0.4, 0.5) is 5.82 Å². The second-order valence-corrected chi connectivity index (χ2v) is 7.53. The first kappa shape index (κ1) is 16.0. The fraction of sp³-hybridized carbons (Fsp3) is 0.211. The number of anilines is 1. The average molecular weight is 450 g/mol. The summed E-state index contributed by atoms with van der Waals surface area (Å²) in [6.07, 6.45) is 3.42. The van der Waals surface area contributed by atoms with E-state index >= 15 is 0 Å². The predicted molar refractivity (Wildman–Crippen MR) is 108 cm³/mol. The van der Waals surface area contributed by atoms with E-state index in [1.807, 2.05) is 28.9 Å². The second kappa shape index (κ2) is 6.76. The Labute approximate surface area is 160 Å². The summed E-state index contributed by atoms with van der Waals surface area (Å²) in [4.78, 5) is 0. The van der Waals surface area contributed by atoms with Crippen LogP contribution in [0.1, 0.15) is 18.4 Å². The monoisotopic (exact) mass is 449 g/mol. The van der Waals surface area contributed by atoms with Gasteiger partial charge in [-0.3, -0.25) is 0 Å². The Kier molecular flexibility index (Phi) is 4.50. The van der Waals surface area contributed by atoms with Gasteiger partial charge >= 0.3 is 0 Å². The highest BCUT2D eigenvalue weighted by atomic mass is 127. The average Bonchev–Trinajstić information content (AvgIpc) is 2.78. The van der Waals surface area contributed by atoms with Crippen LogP contribution in [0.15, 0.2) is 48.5 Å². The molecule has 2 aromatic carbocycles. The zero-order chi connectivity index (χ0) is 16.5. The Bertz CT molecular complexity index is 871. The van der Waals surface area contributed by atoms with Crippen LogP contribution in [-0.4, -0.2) is 16.3 Å². The highest BCUT2D eigenvalue weighted by Crippen LogP contribution is 2.35. The zero-order valence-corrected chi connectivity index (χ0v) is 16.0. The summed E-state index contributed by atoms with van der Waals surface area (Å²) in [5, 5.41) is 9.29. The molecule has 0 unspecified atom stereocenters. The highest BCUT2D eigenvalue weighted by molar-refractivity contribution is 14.1. The maximum absolute atomic E-state index is 6.04. The molecule has 0 atom stereocenters. The van der Waals surface area contributed by atoms with Crippen LogP contribution in [0.25, 0.3) is 16.9 Å². The summed E-state index contributed by atoms with van der Waals surface area (Å²) < 4.78 is 3.25. The summed E-state index contributed by atoms with van der Waals surface area (Å²) in [5.74, 6) is 1.12. The Morgan fingerprint density at radius 1 is 1.04 bits per heavy atom. The van der Waals surface area contributed by atoms with Gasteiger partial charge in [0.25, 0.3) is 0 Å². The van der Waals surface area contributed by atoms with E-state index in [9.17, 15) is 0 Å². The van der Waals surface area contributed by atoms with E-state index in [-0.39, 0.29) is 0 Å². The van der Waals surface area contributed by atoms with Crippen molar-refractivity contribution in [2.45, 2.75) is 19.3 Å². The van der Waals surface area contributed by atoms with Crippen molar-refractivity contribution in [2.75, 3.05) is 11.9 Å². The minimum absolute atomic E-state index is 0.739. The van der Waals surface area contributed by atoms with Crippen LogP contribution in [0.2, 0.25) is 5.02 Å². The second-order valence-electron chi connectivity index (χ2n) is 5.93. The number of hydrogen-bond acceptors (Lipinski definition) is 2. The van der Waals surface area contributed by atoms with Gasteiger partial charge < -0.3 is 5.32 Å². The number of nitrogens with zero attached hydrogens (tertiary/aromatic N) is 2. The van der Waals surface area contributed by atoms with Gasteiger partial charge in [-0.05, 0) is 72.2 Å². The first-order valence-corrected chi connectivity index (χ1v) is 9.56. The zero-order valence-electron chi connectivity index (χ0n) is 13.1. The molecule has 0 amide bonds. The van der Waals surface area contributed by atoms with E-state index in [0.717, 1.165) is 35.2 Å². The van der Waals surface area contributed by atoms with E-state index in [1.54, 1.807) is 0 Å². The minimum atomic E-state index is 0.739. The molecule has 1 aliphatic rings. The lowest BCUT2D eigenvalue weighted by Gasteiger charge is -2.09. The van der Waals surface area contributed by atoms with Gasteiger partial charge in [0.15, 0.2) is 0 Å². The standard InChI is InChI=1S/C19H17ClIN3/c20-13-8-10-14(11-9-13)24-19-16(6-3-4-12-22-19)18(23-24)15-5-1-2-7-17(15)21/h1-2,5,7-11,22H,3-4,6,12H2. The van der Waals surface area contributed by atoms with Crippen molar-refractivity contribution in [1.82, 2.24) is 9.78 Å². The van der Waals surface area contributed by atoms with Crippen molar-refractivity contribution < 1.29 is 0 Å². The fourth-order valence-electron chi connectivity index (χ4n) is 3.14. The van der Waals surface area contributed by atoms with Gasteiger partial charge in [0.1, 0.15) is 5.82 Å². The number of halogens is 2. The first-order chi connectivity index (χ1) is 11.7. The Morgan fingerprint density at radius 2 is 1.83 bits per heavy atom. The molecule has 2 heterocycles. The lowest BCUT2D eigenvalue weighted by Crippen LogP contribution is -2.07. The Morgan fingerprint density at radius 3 is 2.62 bits per heavy atom. The van der Waals surface area contributed by atoms with Crippen LogP contribution in [0.3, 0.4) is 0 Å². The van der Waals surface area contributed by atoms with Crippen molar-refractivity contribution >= 4 is 40.0 Å². The number of benzene rings is 2. The maximum atomic E-state index is 6.04. The molecule has 3 nitrogen and oxygen atoms in total. The third-order valence-corrected chi connectivity index (χ3v) is 5.52. The van der Waals surface area contributed by atoms with Crippen LogP contribution in [0.5, 0.6) is 0 Å². The van der Waals surface area contributed by atoms with Gasteiger partial charge in [0, 0.05) is 26.3 Å². The van der Waals surface area contributed by atoms with Gasteiger partial charge in [-0.25, -0.2) is 4.68 Å². The van der Waals surface area contributed by atoms with Crippen molar-refractivity contribution in [2.24, 2.45) is 0 Å². The quantitative estimate of drug-likeness (QED) is 0.520. The van der Waals surface area contributed by atoms with Gasteiger partial charge in [-0.1, -0.05) is 29.8 Å². The Hall–Kier alpha value is -1.53. The van der Waals surface area contributed by atoms with E-state index in [2.05, 4.69) is 52.2 Å². The van der Waals surface area contributed by atoms with E-state index < -0.39 is 0 Å². The molecule has 0 spiro atoms. The molecule has 122 valence electrons. The lowest BCUT2D eigenvalue weighted by molar-refractivity contribution is 0.780. The molecule has 1 N–H and O–H groups in total. The molecule has 24 heavy (non-hydrogen) atoms. The number of aromatic nitrogens is 2. The van der Waals surface area contributed by atoms with Gasteiger partial charge in [0.2, 0.25) is 0 Å². The van der Waals surface area contributed by atoms with Crippen LogP contribution in [-0.2, 0) is 6.42 Å². The maximum Gasteiger partial charge on any atom is 0.133 e. The predicted octanol–water partition coefficient (Wildman–Crippen LogP) is 5.55. The first-order valence-electron chi connectivity index (χ1n) is 8.10. The molecular formula is C19H17ClIN3. The number of hydrogen-bond donors (Lipinski definition) is 1. The molecule has 0 aliphatic carbocycles. The molecular weight excluding hydrogens is 433 g/mol. The topological polar surface area (TPSA) is 29.9 Å². The lowest BCUT2D eigenvalue weighted by atomic mass is 10.0. The molecule has 0 bridgehead atoms. The molecule has 1 aliphatic heterocycles. The van der Waals surface area contributed by atoms with E-state index in [1.165, 1.54) is 27.5 Å². The molecule has 1 aromatic heterocycles. The van der Waals surface area contributed by atoms with Gasteiger partial charge in [0.05, 0.1) is 11.4 Å². The normalized spacial score (nSPS) is 13.9. The van der Waals surface area contributed by atoms with Crippen LogP contribution >= 0.6 is 34.2 Å². The third-order valence-electron chi connectivity index (χ3n) is 4.33. The molecule has 5 heteroatoms. The van der Waals surface area contributed by atoms with Crippen LogP contribution < -0.4 is 5.32 Å². The highest BCUT2D eigenvalue weighted by Gasteiger charge is 2.22. The molecule has 0 fully saturated rings. The van der Waals surface area contributed by atoms with E-state index in [4.69, 9.17) is 16.7 Å². The van der Waals surface area contributed by atoms with Crippen molar-refractivity contribution in [1.29, 1.82) is 0 Å². The fourth-order valence-corrected chi connectivity index (χ4v) is 3.91. The van der Waals surface area contributed by atoms with Gasteiger partial charge in [-0.15, -0.1) is 0 Å². The molecule has 0 radical (unpaired) electrons.